The van der Waals surface area contributed by atoms with Crippen LogP contribution in [0.4, 0.5) is 4.39 Å². The van der Waals surface area contributed by atoms with Gasteiger partial charge in [0, 0.05) is 13.2 Å². The van der Waals surface area contributed by atoms with Gasteiger partial charge in [0.2, 0.25) is 5.76 Å². The Hall–Kier alpha value is -2.99. The first-order valence-corrected chi connectivity index (χ1v) is 10.2. The predicted molar refractivity (Wildman–Crippen MR) is 110 cm³/mol. The van der Waals surface area contributed by atoms with E-state index in [4.69, 9.17) is 9.15 Å². The summed E-state index contributed by atoms with van der Waals surface area (Å²) in [6, 6.07) is 8.92. The molecule has 1 fully saturated rings. The van der Waals surface area contributed by atoms with Crippen LogP contribution in [0.3, 0.4) is 0 Å². The van der Waals surface area contributed by atoms with E-state index in [9.17, 15) is 14.0 Å². The Morgan fingerprint density at radius 1 is 1.10 bits per heavy atom. The number of carbonyl (C=O) groups is 1. The van der Waals surface area contributed by atoms with Crippen molar-refractivity contribution in [1.82, 2.24) is 4.90 Å². The normalized spacial score (nSPS) is 20.9. The van der Waals surface area contributed by atoms with Crippen molar-refractivity contribution in [3.8, 4) is 0 Å². The van der Waals surface area contributed by atoms with Gasteiger partial charge in [-0.05, 0) is 67.6 Å². The lowest BCUT2D eigenvalue weighted by atomic mass is 9.97. The first-order valence-electron chi connectivity index (χ1n) is 10.2. The van der Waals surface area contributed by atoms with Crippen molar-refractivity contribution < 1.29 is 18.3 Å². The summed E-state index contributed by atoms with van der Waals surface area (Å²) < 4.78 is 25.3. The van der Waals surface area contributed by atoms with Gasteiger partial charge in [-0.2, -0.15) is 0 Å². The minimum atomic E-state index is -0.625. The number of carbonyl (C=O) groups excluding carboxylic acids is 1. The maximum atomic E-state index is 13.6. The summed E-state index contributed by atoms with van der Waals surface area (Å²) in [7, 11) is 0. The second-order valence-electron chi connectivity index (χ2n) is 8.15. The van der Waals surface area contributed by atoms with E-state index >= 15 is 0 Å². The Kier molecular flexibility index (Phi) is 4.47. The standard InChI is InChI=1S/C24H22FNO4/c1-13-10-18-19(11-14(13)2)30-23-20(22(18)27)21(15-5-7-16(25)8-6-15)26(24(23)28)12-17-4-3-9-29-17/h5-8,10-11,17,21H,3-4,9,12H2,1-2H3. The molecule has 2 aliphatic heterocycles. The number of fused-ring (bicyclic) bond motifs is 2. The molecule has 30 heavy (non-hydrogen) atoms. The first kappa shape index (κ1) is 19.0. The van der Waals surface area contributed by atoms with Crippen molar-refractivity contribution in [2.75, 3.05) is 13.2 Å². The molecule has 2 aromatic carbocycles. The van der Waals surface area contributed by atoms with E-state index in [1.165, 1.54) is 12.1 Å². The van der Waals surface area contributed by atoms with Crippen LogP contribution in [0.25, 0.3) is 11.0 Å². The Bertz CT molecular complexity index is 1210. The number of rotatable bonds is 3. The van der Waals surface area contributed by atoms with Crippen LogP contribution in [0, 0.1) is 19.7 Å². The number of halogens is 1. The molecule has 0 N–H and O–H groups in total. The topological polar surface area (TPSA) is 59.8 Å². The Balaban J connectivity index is 1.72. The summed E-state index contributed by atoms with van der Waals surface area (Å²) in [4.78, 5) is 28.5. The van der Waals surface area contributed by atoms with Crippen LogP contribution in [0.2, 0.25) is 0 Å². The molecular formula is C24H22FNO4. The zero-order valence-corrected chi connectivity index (χ0v) is 16.9. The van der Waals surface area contributed by atoms with E-state index in [-0.39, 0.29) is 29.0 Å². The van der Waals surface area contributed by atoms with E-state index in [1.807, 2.05) is 19.9 Å². The number of nitrogens with zero attached hydrogens (tertiary/aromatic N) is 1. The summed E-state index contributed by atoms with van der Waals surface area (Å²) in [6.07, 6.45) is 1.72. The first-order chi connectivity index (χ1) is 14.4. The Labute approximate surface area is 173 Å². The summed E-state index contributed by atoms with van der Waals surface area (Å²) in [5.74, 6) is -0.624. The second-order valence-corrected chi connectivity index (χ2v) is 8.15. The van der Waals surface area contributed by atoms with Crippen molar-refractivity contribution in [1.29, 1.82) is 0 Å². The lowest BCUT2D eigenvalue weighted by molar-refractivity contribution is 0.0486. The van der Waals surface area contributed by atoms with Gasteiger partial charge in [0.15, 0.2) is 5.43 Å². The highest BCUT2D eigenvalue weighted by Crippen LogP contribution is 2.39. The molecule has 5 nitrogen and oxygen atoms in total. The molecule has 0 saturated carbocycles. The van der Waals surface area contributed by atoms with E-state index in [2.05, 4.69) is 0 Å². The van der Waals surface area contributed by atoms with Gasteiger partial charge in [-0.15, -0.1) is 0 Å². The molecule has 0 aliphatic carbocycles. The molecule has 2 aliphatic rings. The summed E-state index contributed by atoms with van der Waals surface area (Å²) in [6.45, 7) is 4.90. The highest BCUT2D eigenvalue weighted by atomic mass is 19.1. The highest BCUT2D eigenvalue weighted by molar-refractivity contribution is 5.99. The number of hydrogen-bond donors (Lipinski definition) is 0. The molecular weight excluding hydrogens is 385 g/mol. The lowest BCUT2D eigenvalue weighted by Crippen LogP contribution is -2.36. The fraction of sp³-hybridized carbons (Fsp3) is 0.333. The fourth-order valence-corrected chi connectivity index (χ4v) is 4.46. The molecule has 0 bridgehead atoms. The molecule has 1 amide bonds. The van der Waals surface area contributed by atoms with E-state index in [0.29, 0.717) is 35.2 Å². The van der Waals surface area contributed by atoms with Crippen LogP contribution < -0.4 is 5.43 Å². The molecule has 1 aromatic heterocycles. The van der Waals surface area contributed by atoms with Crippen LogP contribution in [0.15, 0.2) is 45.6 Å². The van der Waals surface area contributed by atoms with Gasteiger partial charge in [0.1, 0.15) is 11.4 Å². The number of ether oxygens (including phenoxy) is 1. The predicted octanol–water partition coefficient (Wildman–Crippen LogP) is 4.27. The van der Waals surface area contributed by atoms with Gasteiger partial charge >= 0.3 is 0 Å². The number of benzene rings is 2. The lowest BCUT2D eigenvalue weighted by Gasteiger charge is -2.27. The molecule has 1 saturated heterocycles. The van der Waals surface area contributed by atoms with Gasteiger partial charge in [0.25, 0.3) is 5.91 Å². The minimum Gasteiger partial charge on any atom is -0.450 e. The highest BCUT2D eigenvalue weighted by Gasteiger charge is 2.43. The molecule has 0 spiro atoms. The average molecular weight is 407 g/mol. The SMILES string of the molecule is Cc1cc2oc3c(c(=O)c2cc1C)C(c1ccc(F)cc1)N(CC1CCCO1)C3=O. The van der Waals surface area contributed by atoms with Crippen LogP contribution >= 0.6 is 0 Å². The smallest absolute Gasteiger partial charge is 0.291 e. The Morgan fingerprint density at radius 3 is 2.53 bits per heavy atom. The molecule has 2 atom stereocenters. The van der Waals surface area contributed by atoms with Crippen LogP contribution in [0.1, 0.15) is 51.7 Å². The maximum absolute atomic E-state index is 13.6. The molecule has 6 heteroatoms. The summed E-state index contributed by atoms with van der Waals surface area (Å²) in [5.41, 5.74) is 3.16. The van der Waals surface area contributed by atoms with Crippen molar-refractivity contribution in [2.24, 2.45) is 0 Å². The molecule has 5 rings (SSSR count). The Morgan fingerprint density at radius 2 is 1.83 bits per heavy atom. The molecule has 2 unspecified atom stereocenters. The van der Waals surface area contributed by atoms with Crippen molar-refractivity contribution in [2.45, 2.75) is 38.8 Å². The van der Waals surface area contributed by atoms with Gasteiger partial charge in [0.05, 0.1) is 23.1 Å². The fourth-order valence-electron chi connectivity index (χ4n) is 4.46. The van der Waals surface area contributed by atoms with E-state index in [0.717, 1.165) is 24.0 Å². The molecule has 3 aromatic rings. The van der Waals surface area contributed by atoms with Crippen molar-refractivity contribution in [3.05, 3.63) is 80.5 Å². The molecule has 0 radical (unpaired) electrons. The van der Waals surface area contributed by atoms with E-state index in [1.54, 1.807) is 23.1 Å². The van der Waals surface area contributed by atoms with Crippen LogP contribution in [-0.4, -0.2) is 30.1 Å². The van der Waals surface area contributed by atoms with Gasteiger partial charge in [-0.3, -0.25) is 9.59 Å². The third-order valence-corrected chi connectivity index (χ3v) is 6.19. The molecule has 3 heterocycles. The van der Waals surface area contributed by atoms with Crippen molar-refractivity contribution in [3.63, 3.8) is 0 Å². The summed E-state index contributed by atoms with van der Waals surface area (Å²) >= 11 is 0. The largest absolute Gasteiger partial charge is 0.450 e. The number of amides is 1. The van der Waals surface area contributed by atoms with Gasteiger partial charge < -0.3 is 14.1 Å². The number of hydrogen-bond acceptors (Lipinski definition) is 4. The quantitative estimate of drug-likeness (QED) is 0.651. The second kappa shape index (κ2) is 7.06. The third-order valence-electron chi connectivity index (χ3n) is 6.19. The number of aryl methyl sites for hydroxylation is 2. The zero-order chi connectivity index (χ0) is 21.0. The van der Waals surface area contributed by atoms with Gasteiger partial charge in [-0.25, -0.2) is 4.39 Å². The zero-order valence-electron chi connectivity index (χ0n) is 16.9. The third kappa shape index (κ3) is 2.94. The minimum absolute atomic E-state index is 0.0723. The molecule has 154 valence electrons. The van der Waals surface area contributed by atoms with E-state index < -0.39 is 6.04 Å². The maximum Gasteiger partial charge on any atom is 0.291 e. The average Bonchev–Trinajstić information content (AvgIpc) is 3.33. The monoisotopic (exact) mass is 407 g/mol. The van der Waals surface area contributed by atoms with Crippen LogP contribution in [-0.2, 0) is 4.74 Å². The van der Waals surface area contributed by atoms with Gasteiger partial charge in [-0.1, -0.05) is 12.1 Å². The summed E-state index contributed by atoms with van der Waals surface area (Å²) in [5, 5.41) is 0.454. The van der Waals surface area contributed by atoms with Crippen LogP contribution in [0.5, 0.6) is 0 Å². The van der Waals surface area contributed by atoms with Crippen molar-refractivity contribution >= 4 is 16.9 Å².